The predicted molar refractivity (Wildman–Crippen MR) is 57.5 cm³/mol. The molecule has 0 bridgehead atoms. The number of halogens is 3. The average Bonchev–Trinajstić information content (AvgIpc) is 2.26. The lowest BCUT2D eigenvalue weighted by molar-refractivity contribution is -0.0517. The second kappa shape index (κ2) is 5.49. The van der Waals surface area contributed by atoms with Crippen molar-refractivity contribution in [3.8, 4) is 5.75 Å². The number of benzene rings is 1. The molecule has 0 aromatic heterocycles. The van der Waals surface area contributed by atoms with Crippen molar-refractivity contribution in [2.24, 2.45) is 0 Å². The first-order valence-corrected chi connectivity index (χ1v) is 6.68. The number of carbonyl (C=O) groups excluding carboxylic acids is 1. The first kappa shape index (κ1) is 14.7. The number of hydrogen-bond acceptors (Lipinski definition) is 5. The number of ether oxygens (including phenoxy) is 2. The molecule has 0 amide bonds. The molecule has 0 heterocycles. The number of methoxy groups -OCH3 is 1. The number of carbonyl (C=O) groups is 1. The van der Waals surface area contributed by atoms with Crippen LogP contribution in [-0.2, 0) is 13.8 Å². The molecule has 0 aliphatic carbocycles. The molecule has 0 radical (unpaired) electrons. The summed E-state index contributed by atoms with van der Waals surface area (Å²) in [5.74, 6) is -1.48. The smallest absolute Gasteiger partial charge is 0.387 e. The van der Waals surface area contributed by atoms with E-state index in [4.69, 9.17) is 10.7 Å². The van der Waals surface area contributed by atoms with Crippen molar-refractivity contribution in [1.29, 1.82) is 0 Å². The van der Waals surface area contributed by atoms with Gasteiger partial charge in [-0.15, -0.1) is 0 Å². The van der Waals surface area contributed by atoms with Crippen LogP contribution in [0.1, 0.15) is 10.4 Å². The quantitative estimate of drug-likeness (QED) is 0.628. The Balaban J connectivity index is 3.34. The minimum atomic E-state index is -4.34. The van der Waals surface area contributed by atoms with E-state index in [9.17, 15) is 22.0 Å². The molecule has 1 aromatic rings. The molecule has 0 saturated heterocycles. The number of esters is 1. The normalized spacial score (nSPS) is 11.4. The van der Waals surface area contributed by atoms with Gasteiger partial charge in [-0.3, -0.25) is 0 Å². The zero-order chi connectivity index (χ0) is 13.9. The number of hydrogen-bond donors (Lipinski definition) is 0. The van der Waals surface area contributed by atoms with Crippen LogP contribution in [0.4, 0.5) is 8.78 Å². The molecular weight excluding hydrogens is 294 g/mol. The van der Waals surface area contributed by atoms with Gasteiger partial charge in [-0.25, -0.2) is 13.2 Å². The van der Waals surface area contributed by atoms with E-state index in [1.165, 1.54) is 0 Å². The molecule has 0 N–H and O–H groups in total. The fraction of sp³-hybridized carbons (Fsp3) is 0.222. The fourth-order valence-electron chi connectivity index (χ4n) is 1.14. The molecule has 9 heteroatoms. The summed E-state index contributed by atoms with van der Waals surface area (Å²) in [5, 5.41) is 0. The van der Waals surface area contributed by atoms with Crippen LogP contribution < -0.4 is 4.74 Å². The van der Waals surface area contributed by atoms with E-state index in [0.717, 1.165) is 25.3 Å². The third kappa shape index (κ3) is 3.54. The van der Waals surface area contributed by atoms with Gasteiger partial charge in [0.15, 0.2) is 0 Å². The van der Waals surface area contributed by atoms with Crippen LogP contribution in [0.25, 0.3) is 0 Å². The SMILES string of the molecule is COC(=O)c1ccc(OC(F)F)c(S(=O)(=O)Cl)c1. The van der Waals surface area contributed by atoms with Crippen LogP contribution in [-0.4, -0.2) is 28.1 Å². The van der Waals surface area contributed by atoms with Crippen molar-refractivity contribution in [3.05, 3.63) is 23.8 Å². The van der Waals surface area contributed by atoms with E-state index in [2.05, 4.69) is 9.47 Å². The van der Waals surface area contributed by atoms with Gasteiger partial charge in [0.2, 0.25) is 0 Å². The summed E-state index contributed by atoms with van der Waals surface area (Å²) in [6.45, 7) is -3.22. The lowest BCUT2D eigenvalue weighted by Crippen LogP contribution is -2.08. The van der Waals surface area contributed by atoms with Crippen molar-refractivity contribution in [1.82, 2.24) is 0 Å². The van der Waals surface area contributed by atoms with Crippen LogP contribution in [0.3, 0.4) is 0 Å². The highest BCUT2D eigenvalue weighted by atomic mass is 35.7. The third-order valence-electron chi connectivity index (χ3n) is 1.84. The summed E-state index contributed by atoms with van der Waals surface area (Å²) in [6, 6.07) is 2.77. The Labute approximate surface area is 106 Å². The lowest BCUT2D eigenvalue weighted by Gasteiger charge is -2.09. The lowest BCUT2D eigenvalue weighted by atomic mass is 10.2. The molecule has 0 atom stereocenters. The molecular formula is C9H7ClF2O5S. The van der Waals surface area contributed by atoms with Crippen molar-refractivity contribution < 1.29 is 31.5 Å². The fourth-order valence-corrected chi connectivity index (χ4v) is 2.12. The van der Waals surface area contributed by atoms with Gasteiger partial charge in [0.05, 0.1) is 12.7 Å². The molecule has 100 valence electrons. The minimum Gasteiger partial charge on any atom is -0.465 e. The molecule has 1 rings (SSSR count). The molecule has 0 aliphatic heterocycles. The van der Waals surface area contributed by atoms with E-state index in [-0.39, 0.29) is 5.56 Å². The Hall–Kier alpha value is -1.41. The zero-order valence-electron chi connectivity index (χ0n) is 8.89. The highest BCUT2D eigenvalue weighted by molar-refractivity contribution is 8.13. The van der Waals surface area contributed by atoms with Gasteiger partial charge in [0.25, 0.3) is 9.05 Å². The average molecular weight is 301 g/mol. The Morgan fingerprint density at radius 2 is 2.00 bits per heavy atom. The van der Waals surface area contributed by atoms with Crippen molar-refractivity contribution in [3.63, 3.8) is 0 Å². The zero-order valence-corrected chi connectivity index (χ0v) is 10.5. The predicted octanol–water partition coefficient (Wildman–Crippen LogP) is 2.00. The van der Waals surface area contributed by atoms with Gasteiger partial charge in [0, 0.05) is 10.7 Å². The highest BCUT2D eigenvalue weighted by Gasteiger charge is 2.22. The molecule has 0 aliphatic rings. The topological polar surface area (TPSA) is 69.7 Å². The molecule has 18 heavy (non-hydrogen) atoms. The number of alkyl halides is 2. The number of rotatable bonds is 4. The van der Waals surface area contributed by atoms with Gasteiger partial charge in [-0.1, -0.05) is 0 Å². The van der Waals surface area contributed by atoms with E-state index >= 15 is 0 Å². The highest BCUT2D eigenvalue weighted by Crippen LogP contribution is 2.29. The third-order valence-corrected chi connectivity index (χ3v) is 3.19. The maximum atomic E-state index is 12.1. The molecule has 1 aromatic carbocycles. The summed E-state index contributed by atoms with van der Waals surface area (Å²) in [5.41, 5.74) is -0.154. The maximum Gasteiger partial charge on any atom is 0.387 e. The van der Waals surface area contributed by atoms with Gasteiger partial charge < -0.3 is 9.47 Å². The molecule has 0 fully saturated rings. The maximum absolute atomic E-state index is 12.1. The monoisotopic (exact) mass is 300 g/mol. The van der Waals surface area contributed by atoms with E-state index in [0.29, 0.717) is 0 Å². The molecule has 0 saturated carbocycles. The van der Waals surface area contributed by atoms with Crippen LogP contribution in [0, 0.1) is 0 Å². The summed E-state index contributed by atoms with van der Waals surface area (Å²) in [7, 11) is 1.81. The molecule has 0 unspecified atom stereocenters. The minimum absolute atomic E-state index is 0.154. The Morgan fingerprint density at radius 1 is 1.39 bits per heavy atom. The van der Waals surface area contributed by atoms with Crippen LogP contribution in [0.15, 0.2) is 23.1 Å². The Kier molecular flexibility index (Phi) is 4.47. The van der Waals surface area contributed by atoms with Crippen LogP contribution >= 0.6 is 10.7 Å². The second-order valence-corrected chi connectivity index (χ2v) is 5.50. The molecule has 0 spiro atoms. The van der Waals surface area contributed by atoms with Gasteiger partial charge in [-0.05, 0) is 18.2 Å². The van der Waals surface area contributed by atoms with Crippen molar-refractivity contribution in [2.75, 3.05) is 7.11 Å². The van der Waals surface area contributed by atoms with E-state index < -0.39 is 32.3 Å². The van der Waals surface area contributed by atoms with Gasteiger partial charge >= 0.3 is 12.6 Å². The van der Waals surface area contributed by atoms with Gasteiger partial charge in [0.1, 0.15) is 10.6 Å². The summed E-state index contributed by atoms with van der Waals surface area (Å²) < 4.78 is 54.8. The standard InChI is InChI=1S/C9H7ClF2O5S/c1-16-8(13)5-2-3-6(17-9(11)12)7(4-5)18(10,14)15/h2-4,9H,1H3. The second-order valence-electron chi connectivity index (χ2n) is 2.97. The largest absolute Gasteiger partial charge is 0.465 e. The van der Waals surface area contributed by atoms with E-state index in [1.54, 1.807) is 0 Å². The van der Waals surface area contributed by atoms with E-state index in [1.807, 2.05) is 0 Å². The van der Waals surface area contributed by atoms with Crippen LogP contribution in [0.2, 0.25) is 0 Å². The molecule has 5 nitrogen and oxygen atoms in total. The van der Waals surface area contributed by atoms with Crippen molar-refractivity contribution in [2.45, 2.75) is 11.5 Å². The van der Waals surface area contributed by atoms with Gasteiger partial charge in [-0.2, -0.15) is 8.78 Å². The van der Waals surface area contributed by atoms with Crippen molar-refractivity contribution >= 4 is 25.7 Å². The first-order chi connectivity index (χ1) is 8.25. The first-order valence-electron chi connectivity index (χ1n) is 4.37. The summed E-state index contributed by atoms with van der Waals surface area (Å²) in [4.78, 5) is 10.4. The summed E-state index contributed by atoms with van der Waals surface area (Å²) >= 11 is 0. The Bertz CT molecular complexity index is 558. The Morgan fingerprint density at radius 3 is 2.44 bits per heavy atom. The van der Waals surface area contributed by atoms with Crippen LogP contribution in [0.5, 0.6) is 5.75 Å². The summed E-state index contributed by atoms with van der Waals surface area (Å²) in [6.07, 6.45) is 0.